The molecular weight excluding hydrogens is 354 g/mol. The predicted octanol–water partition coefficient (Wildman–Crippen LogP) is 5.29. The van der Waals surface area contributed by atoms with E-state index in [0.29, 0.717) is 17.1 Å². The predicted molar refractivity (Wildman–Crippen MR) is 114 cm³/mol. The molecule has 1 saturated heterocycles. The van der Waals surface area contributed by atoms with Crippen molar-refractivity contribution in [1.82, 2.24) is 9.88 Å². The minimum absolute atomic E-state index is 0.143. The molecule has 1 unspecified atom stereocenters. The van der Waals surface area contributed by atoms with Crippen LogP contribution in [0.2, 0.25) is 0 Å². The zero-order chi connectivity index (χ0) is 19.2. The van der Waals surface area contributed by atoms with Crippen molar-refractivity contribution in [2.24, 2.45) is 0 Å². The van der Waals surface area contributed by atoms with Gasteiger partial charge >= 0.3 is 0 Å². The van der Waals surface area contributed by atoms with Gasteiger partial charge in [-0.25, -0.2) is 4.98 Å². The smallest absolute Gasteiger partial charge is 0.250 e. The Morgan fingerprint density at radius 2 is 2.11 bits per heavy atom. The van der Waals surface area contributed by atoms with Crippen molar-refractivity contribution in [1.29, 1.82) is 0 Å². The first-order valence-electron chi connectivity index (χ1n) is 9.79. The summed E-state index contributed by atoms with van der Waals surface area (Å²) in [4.78, 5) is 20.2. The Morgan fingerprint density at radius 3 is 2.81 bits per heavy atom. The van der Waals surface area contributed by atoms with E-state index in [1.807, 2.05) is 24.4 Å². The molecule has 27 heavy (non-hydrogen) atoms. The highest BCUT2D eigenvalue weighted by Gasteiger charge is 2.19. The molecule has 2 heterocycles. The van der Waals surface area contributed by atoms with Gasteiger partial charge in [0.25, 0.3) is 0 Å². The number of hydrogen-bond acceptors (Lipinski definition) is 4. The molecule has 144 valence electrons. The summed E-state index contributed by atoms with van der Waals surface area (Å²) in [5, 5.41) is 3.54. The van der Waals surface area contributed by atoms with E-state index in [0.717, 1.165) is 18.7 Å². The molecule has 1 aliphatic heterocycles. The molecule has 1 fully saturated rings. The highest BCUT2D eigenvalue weighted by atomic mass is 32.1. The van der Waals surface area contributed by atoms with Crippen LogP contribution < -0.4 is 5.32 Å². The highest BCUT2D eigenvalue weighted by Crippen LogP contribution is 2.24. The Labute approximate surface area is 166 Å². The summed E-state index contributed by atoms with van der Waals surface area (Å²) < 4.78 is 0. The molecule has 0 saturated carbocycles. The topological polar surface area (TPSA) is 45.2 Å². The van der Waals surface area contributed by atoms with Crippen LogP contribution in [-0.4, -0.2) is 28.4 Å². The summed E-state index contributed by atoms with van der Waals surface area (Å²) in [6.45, 7) is 8.71. The summed E-state index contributed by atoms with van der Waals surface area (Å²) in [5.41, 5.74) is 2.32. The SMILES string of the molecule is CC(C)c1ccc(/C=C/C(=O)Nc2ncc(CN3CCCCC3C)s2)cc1. The van der Waals surface area contributed by atoms with E-state index in [2.05, 4.69) is 48.1 Å². The van der Waals surface area contributed by atoms with Crippen LogP contribution in [0.1, 0.15) is 62.0 Å². The summed E-state index contributed by atoms with van der Waals surface area (Å²) in [6.07, 6.45) is 9.16. The van der Waals surface area contributed by atoms with Crippen molar-refractivity contribution in [3.8, 4) is 0 Å². The molecule has 1 aromatic carbocycles. The Balaban J connectivity index is 1.52. The molecule has 4 nitrogen and oxygen atoms in total. The number of likely N-dealkylation sites (tertiary alicyclic amines) is 1. The Morgan fingerprint density at radius 1 is 1.33 bits per heavy atom. The molecule has 0 spiro atoms. The van der Waals surface area contributed by atoms with E-state index in [4.69, 9.17) is 0 Å². The number of nitrogens with one attached hydrogen (secondary N) is 1. The first-order chi connectivity index (χ1) is 13.0. The minimum Gasteiger partial charge on any atom is -0.298 e. The lowest BCUT2D eigenvalue weighted by molar-refractivity contribution is -0.111. The van der Waals surface area contributed by atoms with Crippen LogP contribution in [0.25, 0.3) is 6.08 Å². The molecule has 1 aromatic heterocycles. The lowest BCUT2D eigenvalue weighted by atomic mass is 10.0. The van der Waals surface area contributed by atoms with Gasteiger partial charge in [-0.2, -0.15) is 0 Å². The third-order valence-corrected chi connectivity index (χ3v) is 6.01. The maximum absolute atomic E-state index is 12.2. The van der Waals surface area contributed by atoms with Crippen molar-refractivity contribution in [3.63, 3.8) is 0 Å². The highest BCUT2D eigenvalue weighted by molar-refractivity contribution is 7.15. The number of anilines is 1. The zero-order valence-corrected chi connectivity index (χ0v) is 17.3. The van der Waals surface area contributed by atoms with E-state index >= 15 is 0 Å². The van der Waals surface area contributed by atoms with Crippen LogP contribution >= 0.6 is 11.3 Å². The number of carbonyl (C=O) groups is 1. The second kappa shape index (κ2) is 9.29. The molecule has 3 rings (SSSR count). The molecule has 1 aliphatic rings. The van der Waals surface area contributed by atoms with Gasteiger partial charge in [-0.15, -0.1) is 11.3 Å². The van der Waals surface area contributed by atoms with Gasteiger partial charge in [0.1, 0.15) is 0 Å². The number of aromatic nitrogens is 1. The number of amides is 1. The van der Waals surface area contributed by atoms with Crippen molar-refractivity contribution >= 4 is 28.5 Å². The van der Waals surface area contributed by atoms with Crippen LogP contribution in [0.5, 0.6) is 0 Å². The van der Waals surface area contributed by atoms with Gasteiger partial charge in [0, 0.05) is 29.7 Å². The van der Waals surface area contributed by atoms with Crippen LogP contribution in [0.4, 0.5) is 5.13 Å². The van der Waals surface area contributed by atoms with Gasteiger partial charge < -0.3 is 0 Å². The quantitative estimate of drug-likeness (QED) is 0.689. The van der Waals surface area contributed by atoms with Gasteiger partial charge in [-0.05, 0) is 49.4 Å². The zero-order valence-electron chi connectivity index (χ0n) is 16.4. The van der Waals surface area contributed by atoms with Crippen LogP contribution in [-0.2, 0) is 11.3 Å². The number of hydrogen-bond donors (Lipinski definition) is 1. The van der Waals surface area contributed by atoms with Crippen molar-refractivity contribution in [3.05, 3.63) is 52.5 Å². The average Bonchev–Trinajstić information content (AvgIpc) is 3.09. The summed E-state index contributed by atoms with van der Waals surface area (Å²) in [7, 11) is 0. The van der Waals surface area contributed by atoms with Crippen LogP contribution in [0.3, 0.4) is 0 Å². The molecule has 5 heteroatoms. The van der Waals surface area contributed by atoms with E-state index in [-0.39, 0.29) is 5.91 Å². The second-order valence-electron chi connectivity index (χ2n) is 7.59. The van der Waals surface area contributed by atoms with E-state index in [1.165, 1.54) is 29.7 Å². The lowest BCUT2D eigenvalue weighted by Crippen LogP contribution is -2.36. The Kier molecular flexibility index (Phi) is 6.80. The number of benzene rings is 1. The van der Waals surface area contributed by atoms with Crippen molar-refractivity contribution < 1.29 is 4.79 Å². The van der Waals surface area contributed by atoms with E-state index in [1.54, 1.807) is 17.4 Å². The molecule has 1 amide bonds. The molecule has 1 N–H and O–H groups in total. The van der Waals surface area contributed by atoms with Crippen molar-refractivity contribution in [2.45, 2.75) is 58.5 Å². The molecule has 0 bridgehead atoms. The number of nitrogens with zero attached hydrogens (tertiary/aromatic N) is 2. The maximum atomic E-state index is 12.2. The van der Waals surface area contributed by atoms with Gasteiger partial charge in [-0.3, -0.25) is 15.0 Å². The third-order valence-electron chi connectivity index (χ3n) is 5.11. The first kappa shape index (κ1) is 19.8. The second-order valence-corrected chi connectivity index (χ2v) is 8.71. The maximum Gasteiger partial charge on any atom is 0.250 e. The molecular formula is C22H29N3OS. The number of piperidine rings is 1. The first-order valence-corrected chi connectivity index (χ1v) is 10.6. The molecule has 2 aromatic rings. The average molecular weight is 384 g/mol. The number of thiazole rings is 1. The Hall–Kier alpha value is -1.98. The standard InChI is InChI=1S/C22H29N3OS/c1-16(2)19-10-7-18(8-11-19)9-12-21(26)24-22-23-14-20(27-22)15-25-13-5-4-6-17(25)3/h7-12,14,16-17H,4-6,13,15H2,1-3H3,(H,23,24,26)/b12-9+. The molecule has 0 radical (unpaired) electrons. The summed E-state index contributed by atoms with van der Waals surface area (Å²) in [5.74, 6) is 0.369. The van der Waals surface area contributed by atoms with E-state index < -0.39 is 0 Å². The minimum atomic E-state index is -0.143. The third kappa shape index (κ3) is 5.75. The van der Waals surface area contributed by atoms with Crippen LogP contribution in [0, 0.1) is 0 Å². The van der Waals surface area contributed by atoms with Crippen molar-refractivity contribution in [2.75, 3.05) is 11.9 Å². The fraction of sp³-hybridized carbons (Fsp3) is 0.455. The van der Waals surface area contributed by atoms with Gasteiger partial charge in [-0.1, -0.05) is 44.5 Å². The normalized spacial score (nSPS) is 18.3. The van der Waals surface area contributed by atoms with E-state index in [9.17, 15) is 4.79 Å². The monoisotopic (exact) mass is 383 g/mol. The molecule has 0 aliphatic carbocycles. The molecule has 1 atom stereocenters. The Bertz CT molecular complexity index is 779. The number of rotatable bonds is 6. The fourth-order valence-corrected chi connectivity index (χ4v) is 4.18. The number of carbonyl (C=O) groups excluding carboxylic acids is 1. The summed E-state index contributed by atoms with van der Waals surface area (Å²) in [6, 6.07) is 8.93. The van der Waals surface area contributed by atoms with Gasteiger partial charge in [0.05, 0.1) is 0 Å². The summed E-state index contributed by atoms with van der Waals surface area (Å²) >= 11 is 1.57. The lowest BCUT2D eigenvalue weighted by Gasteiger charge is -2.32. The fourth-order valence-electron chi connectivity index (χ4n) is 3.34. The van der Waals surface area contributed by atoms with Crippen LogP contribution in [0.15, 0.2) is 36.5 Å². The van der Waals surface area contributed by atoms with Gasteiger partial charge in [0.2, 0.25) is 5.91 Å². The largest absolute Gasteiger partial charge is 0.298 e. The van der Waals surface area contributed by atoms with Gasteiger partial charge in [0.15, 0.2) is 5.13 Å².